The van der Waals surface area contributed by atoms with Gasteiger partial charge in [0.1, 0.15) is 6.10 Å². The fourth-order valence-corrected chi connectivity index (χ4v) is 4.88. The highest BCUT2D eigenvalue weighted by atomic mass is 32.2. The van der Waals surface area contributed by atoms with Gasteiger partial charge < -0.3 is 9.64 Å². The van der Waals surface area contributed by atoms with Gasteiger partial charge >= 0.3 is 0 Å². The van der Waals surface area contributed by atoms with E-state index < -0.39 is 0 Å². The maximum atomic E-state index is 12.0. The van der Waals surface area contributed by atoms with E-state index in [2.05, 4.69) is 4.90 Å². The van der Waals surface area contributed by atoms with Gasteiger partial charge in [-0.05, 0) is 0 Å². The first-order chi connectivity index (χ1) is 8.68. The van der Waals surface area contributed by atoms with Crippen LogP contribution in [0.3, 0.4) is 0 Å². The Hall–Kier alpha value is 0.0900. The number of likely N-dealkylation sites (N-methyl/N-ethyl adjacent to an activating group) is 1. The van der Waals surface area contributed by atoms with Gasteiger partial charge in [0.05, 0.1) is 6.61 Å². The molecule has 2 heterocycles. The van der Waals surface area contributed by atoms with Crippen LogP contribution >= 0.6 is 23.5 Å². The summed E-state index contributed by atoms with van der Waals surface area (Å²) >= 11 is 4.07. The van der Waals surface area contributed by atoms with E-state index in [1.807, 2.05) is 23.5 Å². The highest BCUT2D eigenvalue weighted by Crippen LogP contribution is 2.22. The van der Waals surface area contributed by atoms with Gasteiger partial charge in [0.2, 0.25) is 0 Å². The molecule has 0 bridgehead atoms. The summed E-state index contributed by atoms with van der Waals surface area (Å²) in [5.74, 6) is 4.98. The predicted molar refractivity (Wildman–Crippen MR) is 78.4 cm³/mol. The average Bonchev–Trinajstić information content (AvgIpc) is 2.66. The summed E-state index contributed by atoms with van der Waals surface area (Å²) in [6, 6.07) is 0.601. The second-order valence-corrected chi connectivity index (χ2v) is 7.19. The maximum Gasteiger partial charge on any atom is 0.252 e. The molecule has 2 saturated heterocycles. The fraction of sp³-hybridized carbons (Fsp3) is 0.917. The molecule has 2 aliphatic heterocycles. The minimum Gasteiger partial charge on any atom is -0.366 e. The Kier molecular flexibility index (Phi) is 5.66. The molecule has 0 N–H and O–H groups in total. The molecule has 0 unspecified atom stereocenters. The van der Waals surface area contributed by atoms with E-state index in [1.165, 1.54) is 23.0 Å². The minimum atomic E-state index is -0.271. The zero-order chi connectivity index (χ0) is 13.0. The van der Waals surface area contributed by atoms with Gasteiger partial charge in [0.15, 0.2) is 0 Å². The third-order valence-electron chi connectivity index (χ3n) is 3.32. The van der Waals surface area contributed by atoms with E-state index in [-0.39, 0.29) is 12.0 Å². The van der Waals surface area contributed by atoms with Crippen molar-refractivity contribution in [2.45, 2.75) is 12.1 Å². The van der Waals surface area contributed by atoms with Crippen LogP contribution in [-0.2, 0) is 9.53 Å². The average molecular weight is 290 g/mol. The van der Waals surface area contributed by atoms with Crippen molar-refractivity contribution in [3.05, 3.63) is 0 Å². The highest BCUT2D eigenvalue weighted by molar-refractivity contribution is 8.03. The van der Waals surface area contributed by atoms with Gasteiger partial charge in [-0.2, -0.15) is 23.5 Å². The Morgan fingerprint density at radius 3 is 2.56 bits per heavy atom. The summed E-state index contributed by atoms with van der Waals surface area (Å²) in [7, 11) is 3.59. The van der Waals surface area contributed by atoms with Crippen molar-refractivity contribution in [1.82, 2.24) is 9.80 Å². The molecule has 4 nitrogen and oxygen atoms in total. The Bertz CT molecular complexity index is 281. The van der Waals surface area contributed by atoms with E-state index in [9.17, 15) is 4.79 Å². The second-order valence-electron chi connectivity index (χ2n) is 4.89. The third-order valence-corrected chi connectivity index (χ3v) is 5.81. The molecule has 0 radical (unpaired) electrons. The van der Waals surface area contributed by atoms with Gasteiger partial charge in [-0.3, -0.25) is 9.69 Å². The number of rotatable bonds is 2. The summed E-state index contributed by atoms with van der Waals surface area (Å²) in [5.41, 5.74) is 0. The summed E-state index contributed by atoms with van der Waals surface area (Å²) in [4.78, 5) is 16.0. The van der Waals surface area contributed by atoms with Gasteiger partial charge in [-0.1, -0.05) is 0 Å². The number of carbonyl (C=O) groups excluding carboxylic acids is 1. The molecule has 104 valence electrons. The lowest BCUT2D eigenvalue weighted by atomic mass is 10.2. The molecule has 0 saturated carbocycles. The van der Waals surface area contributed by atoms with Crippen LogP contribution in [0.2, 0.25) is 0 Å². The van der Waals surface area contributed by atoms with Crippen LogP contribution in [0.4, 0.5) is 0 Å². The molecule has 2 rings (SSSR count). The highest BCUT2D eigenvalue weighted by Gasteiger charge is 2.31. The molecule has 0 aromatic heterocycles. The molecule has 1 atom stereocenters. The van der Waals surface area contributed by atoms with Crippen LogP contribution in [0.15, 0.2) is 0 Å². The topological polar surface area (TPSA) is 32.8 Å². The molecule has 18 heavy (non-hydrogen) atoms. The lowest BCUT2D eigenvalue weighted by molar-refractivity contribution is -0.147. The van der Waals surface area contributed by atoms with Gasteiger partial charge in [-0.25, -0.2) is 0 Å². The Morgan fingerprint density at radius 2 is 1.94 bits per heavy atom. The van der Waals surface area contributed by atoms with Crippen molar-refractivity contribution < 1.29 is 9.53 Å². The summed E-state index contributed by atoms with van der Waals surface area (Å²) < 4.78 is 5.61. The maximum absolute atomic E-state index is 12.0. The normalized spacial score (nSPS) is 27.8. The second kappa shape index (κ2) is 7.03. The molecule has 6 heteroatoms. The van der Waals surface area contributed by atoms with Crippen LogP contribution in [0.1, 0.15) is 0 Å². The number of hydrogen-bond donors (Lipinski definition) is 0. The van der Waals surface area contributed by atoms with Crippen LogP contribution in [0.25, 0.3) is 0 Å². The van der Waals surface area contributed by atoms with Crippen molar-refractivity contribution in [1.29, 1.82) is 0 Å². The Morgan fingerprint density at radius 1 is 1.28 bits per heavy atom. The zero-order valence-electron chi connectivity index (χ0n) is 11.1. The Labute approximate surface area is 118 Å². The fourth-order valence-electron chi connectivity index (χ4n) is 2.25. The smallest absolute Gasteiger partial charge is 0.252 e. The number of hydrogen-bond acceptors (Lipinski definition) is 5. The number of carbonyl (C=O) groups is 1. The van der Waals surface area contributed by atoms with E-state index >= 15 is 0 Å². The number of ether oxygens (including phenoxy) is 1. The number of morpholine rings is 1. The monoisotopic (exact) mass is 290 g/mol. The molecule has 2 aliphatic rings. The lowest BCUT2D eigenvalue weighted by Crippen LogP contribution is -2.53. The van der Waals surface area contributed by atoms with Crippen molar-refractivity contribution in [3.8, 4) is 0 Å². The van der Waals surface area contributed by atoms with E-state index in [1.54, 1.807) is 19.0 Å². The van der Waals surface area contributed by atoms with Gasteiger partial charge in [0, 0.05) is 56.2 Å². The first-order valence-electron chi connectivity index (χ1n) is 6.41. The van der Waals surface area contributed by atoms with E-state index in [4.69, 9.17) is 4.74 Å². The van der Waals surface area contributed by atoms with E-state index in [0.717, 1.165) is 13.1 Å². The summed E-state index contributed by atoms with van der Waals surface area (Å²) in [5, 5.41) is 0. The summed E-state index contributed by atoms with van der Waals surface area (Å²) in [6.45, 7) is 2.39. The standard InChI is InChI=1S/C12H22N2O2S2/c1-13(2)12(15)11-7-14(3-4-16-11)10-8-17-5-6-18-9-10/h10-11H,3-9H2,1-2H3/t11-/m1/s1. The lowest BCUT2D eigenvalue weighted by Gasteiger charge is -2.37. The van der Waals surface area contributed by atoms with Crippen LogP contribution in [-0.4, -0.2) is 84.7 Å². The quantitative estimate of drug-likeness (QED) is 0.745. The molecule has 0 aliphatic carbocycles. The predicted octanol–water partition coefficient (Wildman–Crippen LogP) is 0.624. The van der Waals surface area contributed by atoms with Crippen molar-refractivity contribution in [2.24, 2.45) is 0 Å². The first-order valence-corrected chi connectivity index (χ1v) is 8.71. The molecule has 0 spiro atoms. The first kappa shape index (κ1) is 14.5. The van der Waals surface area contributed by atoms with Crippen molar-refractivity contribution >= 4 is 29.4 Å². The van der Waals surface area contributed by atoms with Crippen LogP contribution in [0.5, 0.6) is 0 Å². The molecule has 0 aromatic rings. The molecule has 1 amide bonds. The zero-order valence-corrected chi connectivity index (χ0v) is 12.8. The van der Waals surface area contributed by atoms with Crippen LogP contribution < -0.4 is 0 Å². The molecule has 2 fully saturated rings. The molecular formula is C12H22N2O2S2. The largest absolute Gasteiger partial charge is 0.366 e. The van der Waals surface area contributed by atoms with Gasteiger partial charge in [0.25, 0.3) is 5.91 Å². The summed E-state index contributed by atoms with van der Waals surface area (Å²) in [6.07, 6.45) is -0.271. The number of amides is 1. The van der Waals surface area contributed by atoms with E-state index in [0.29, 0.717) is 12.6 Å². The van der Waals surface area contributed by atoms with Crippen LogP contribution in [0, 0.1) is 0 Å². The van der Waals surface area contributed by atoms with Gasteiger partial charge in [-0.15, -0.1) is 0 Å². The molecule has 0 aromatic carbocycles. The SMILES string of the molecule is CN(C)C(=O)[C@H]1CN(C2CSCCSC2)CCO1. The van der Waals surface area contributed by atoms with Crippen molar-refractivity contribution in [3.63, 3.8) is 0 Å². The minimum absolute atomic E-state index is 0.0913. The Balaban J connectivity index is 1.91. The van der Waals surface area contributed by atoms with Crippen molar-refractivity contribution in [2.75, 3.05) is 56.8 Å². The molecular weight excluding hydrogens is 268 g/mol. The number of thioether (sulfide) groups is 2. The third kappa shape index (κ3) is 3.79. The number of nitrogens with zero attached hydrogens (tertiary/aromatic N) is 2.